The van der Waals surface area contributed by atoms with E-state index in [-0.39, 0.29) is 0 Å². The van der Waals surface area contributed by atoms with Crippen LogP contribution in [0.5, 0.6) is 0 Å². The van der Waals surface area contributed by atoms with E-state index in [9.17, 15) is 0 Å². The SMILES string of the molecule is Cc1oncc1CNc1ccccc1. The lowest BCUT2D eigenvalue weighted by Gasteiger charge is -2.03. The normalized spacial score (nSPS) is 10.1. The van der Waals surface area contributed by atoms with Gasteiger partial charge in [-0.2, -0.15) is 0 Å². The third-order valence-electron chi connectivity index (χ3n) is 2.11. The molecule has 3 nitrogen and oxygen atoms in total. The van der Waals surface area contributed by atoms with Gasteiger partial charge in [-0.1, -0.05) is 23.4 Å². The molecule has 0 saturated heterocycles. The van der Waals surface area contributed by atoms with Crippen LogP contribution in [-0.2, 0) is 6.54 Å². The summed E-state index contributed by atoms with van der Waals surface area (Å²) < 4.78 is 4.96. The van der Waals surface area contributed by atoms with Crippen LogP contribution in [0.1, 0.15) is 11.3 Å². The Bertz CT molecular complexity index is 395. The molecule has 0 fully saturated rings. The Morgan fingerprint density at radius 1 is 1.29 bits per heavy atom. The monoisotopic (exact) mass is 188 g/mol. The van der Waals surface area contributed by atoms with Crippen LogP contribution in [0.25, 0.3) is 0 Å². The maximum Gasteiger partial charge on any atom is 0.138 e. The van der Waals surface area contributed by atoms with Crippen molar-refractivity contribution in [2.45, 2.75) is 13.5 Å². The lowest BCUT2D eigenvalue weighted by atomic mass is 10.2. The average molecular weight is 188 g/mol. The van der Waals surface area contributed by atoms with Crippen molar-refractivity contribution in [3.63, 3.8) is 0 Å². The van der Waals surface area contributed by atoms with Gasteiger partial charge in [-0.25, -0.2) is 0 Å². The number of para-hydroxylation sites is 1. The molecule has 3 heteroatoms. The summed E-state index contributed by atoms with van der Waals surface area (Å²) in [6.45, 7) is 2.66. The van der Waals surface area contributed by atoms with Crippen LogP contribution in [0.4, 0.5) is 5.69 Å². The summed E-state index contributed by atoms with van der Waals surface area (Å²) in [6.07, 6.45) is 1.74. The first-order chi connectivity index (χ1) is 6.86. The van der Waals surface area contributed by atoms with Crippen LogP contribution in [0.3, 0.4) is 0 Å². The third-order valence-corrected chi connectivity index (χ3v) is 2.11. The lowest BCUT2D eigenvalue weighted by Crippen LogP contribution is -1.98. The molecule has 0 aliphatic heterocycles. The van der Waals surface area contributed by atoms with E-state index in [4.69, 9.17) is 4.52 Å². The molecule has 0 saturated carbocycles. The Morgan fingerprint density at radius 3 is 2.71 bits per heavy atom. The summed E-state index contributed by atoms with van der Waals surface area (Å²) in [4.78, 5) is 0. The van der Waals surface area contributed by atoms with Crippen molar-refractivity contribution in [2.24, 2.45) is 0 Å². The molecular weight excluding hydrogens is 176 g/mol. The summed E-state index contributed by atoms with van der Waals surface area (Å²) in [5.74, 6) is 0.869. The van der Waals surface area contributed by atoms with Gasteiger partial charge < -0.3 is 9.84 Å². The first kappa shape index (κ1) is 8.81. The molecule has 14 heavy (non-hydrogen) atoms. The number of hydrogen-bond acceptors (Lipinski definition) is 3. The fourth-order valence-electron chi connectivity index (χ4n) is 1.24. The van der Waals surface area contributed by atoms with Gasteiger partial charge in [0.2, 0.25) is 0 Å². The van der Waals surface area contributed by atoms with E-state index in [0.29, 0.717) is 0 Å². The topological polar surface area (TPSA) is 38.1 Å². The van der Waals surface area contributed by atoms with Gasteiger partial charge in [0.05, 0.1) is 6.20 Å². The summed E-state index contributed by atoms with van der Waals surface area (Å²) in [6, 6.07) is 10.1. The van der Waals surface area contributed by atoms with E-state index in [0.717, 1.165) is 23.6 Å². The fourth-order valence-corrected chi connectivity index (χ4v) is 1.24. The van der Waals surface area contributed by atoms with Crippen LogP contribution < -0.4 is 5.32 Å². The quantitative estimate of drug-likeness (QED) is 0.804. The van der Waals surface area contributed by atoms with Gasteiger partial charge in [-0.15, -0.1) is 0 Å². The van der Waals surface area contributed by atoms with E-state index in [1.54, 1.807) is 6.20 Å². The zero-order valence-electron chi connectivity index (χ0n) is 8.03. The van der Waals surface area contributed by atoms with Crippen molar-refractivity contribution in [3.05, 3.63) is 47.9 Å². The minimum atomic E-state index is 0.749. The summed E-state index contributed by atoms with van der Waals surface area (Å²) >= 11 is 0. The van der Waals surface area contributed by atoms with Gasteiger partial charge in [0, 0.05) is 17.8 Å². The van der Waals surface area contributed by atoms with Crippen LogP contribution >= 0.6 is 0 Å². The van der Waals surface area contributed by atoms with Crippen molar-refractivity contribution in [2.75, 3.05) is 5.32 Å². The molecular formula is C11H12N2O. The second-order valence-corrected chi connectivity index (χ2v) is 3.13. The van der Waals surface area contributed by atoms with Crippen LogP contribution in [0.2, 0.25) is 0 Å². The number of nitrogens with one attached hydrogen (secondary N) is 1. The predicted molar refractivity (Wildman–Crippen MR) is 55.0 cm³/mol. The molecule has 0 aliphatic rings. The standard InChI is InChI=1S/C11H12N2O/c1-9-10(8-13-14-9)7-12-11-5-3-2-4-6-11/h2-6,8,12H,7H2,1H3. The number of benzene rings is 1. The van der Waals surface area contributed by atoms with Gasteiger partial charge in [0.25, 0.3) is 0 Å². The molecule has 2 rings (SSSR count). The van der Waals surface area contributed by atoms with E-state index in [1.165, 1.54) is 0 Å². The maximum absolute atomic E-state index is 4.96. The smallest absolute Gasteiger partial charge is 0.138 e. The highest BCUT2D eigenvalue weighted by Gasteiger charge is 2.01. The molecule has 0 aliphatic carbocycles. The van der Waals surface area contributed by atoms with Crippen LogP contribution in [0.15, 0.2) is 41.1 Å². The summed E-state index contributed by atoms with van der Waals surface area (Å²) in [5.41, 5.74) is 2.20. The number of rotatable bonds is 3. The number of nitrogens with zero attached hydrogens (tertiary/aromatic N) is 1. The minimum Gasteiger partial charge on any atom is -0.381 e. The first-order valence-electron chi connectivity index (χ1n) is 4.55. The van der Waals surface area contributed by atoms with Crippen molar-refractivity contribution < 1.29 is 4.52 Å². The van der Waals surface area contributed by atoms with E-state index < -0.39 is 0 Å². The Balaban J connectivity index is 1.99. The molecule has 2 aromatic rings. The Morgan fingerprint density at radius 2 is 2.07 bits per heavy atom. The molecule has 0 unspecified atom stereocenters. The molecule has 72 valence electrons. The number of anilines is 1. The maximum atomic E-state index is 4.96. The van der Waals surface area contributed by atoms with Gasteiger partial charge in [0.1, 0.15) is 5.76 Å². The number of aromatic nitrogens is 1. The Hall–Kier alpha value is -1.77. The minimum absolute atomic E-state index is 0.749. The highest BCUT2D eigenvalue weighted by molar-refractivity contribution is 5.43. The summed E-state index contributed by atoms with van der Waals surface area (Å²) in [7, 11) is 0. The van der Waals surface area contributed by atoms with Crippen molar-refractivity contribution in [3.8, 4) is 0 Å². The number of hydrogen-bond donors (Lipinski definition) is 1. The molecule has 0 spiro atoms. The predicted octanol–water partition coefficient (Wildman–Crippen LogP) is 2.60. The Kier molecular flexibility index (Phi) is 2.49. The second kappa shape index (κ2) is 3.96. The van der Waals surface area contributed by atoms with E-state index >= 15 is 0 Å². The first-order valence-corrected chi connectivity index (χ1v) is 4.55. The molecule has 0 amide bonds. The molecule has 1 aromatic heterocycles. The highest BCUT2D eigenvalue weighted by Crippen LogP contribution is 2.10. The van der Waals surface area contributed by atoms with Gasteiger partial charge in [0.15, 0.2) is 0 Å². The second-order valence-electron chi connectivity index (χ2n) is 3.13. The van der Waals surface area contributed by atoms with Gasteiger partial charge >= 0.3 is 0 Å². The molecule has 1 aromatic carbocycles. The van der Waals surface area contributed by atoms with Crippen LogP contribution in [-0.4, -0.2) is 5.16 Å². The fraction of sp³-hybridized carbons (Fsp3) is 0.182. The van der Waals surface area contributed by atoms with Crippen molar-refractivity contribution >= 4 is 5.69 Å². The molecule has 0 radical (unpaired) electrons. The molecule has 1 N–H and O–H groups in total. The van der Waals surface area contributed by atoms with Crippen molar-refractivity contribution in [1.82, 2.24) is 5.16 Å². The molecule has 0 bridgehead atoms. The van der Waals surface area contributed by atoms with Gasteiger partial charge in [-0.3, -0.25) is 0 Å². The zero-order valence-corrected chi connectivity index (χ0v) is 8.03. The van der Waals surface area contributed by atoms with E-state index in [1.807, 2.05) is 37.3 Å². The Labute approximate surface area is 82.7 Å². The van der Waals surface area contributed by atoms with E-state index in [2.05, 4.69) is 10.5 Å². The molecule has 1 heterocycles. The zero-order chi connectivity index (χ0) is 9.80. The lowest BCUT2D eigenvalue weighted by molar-refractivity contribution is 0.396. The average Bonchev–Trinajstić information content (AvgIpc) is 2.63. The number of aryl methyl sites for hydroxylation is 1. The highest BCUT2D eigenvalue weighted by atomic mass is 16.5. The summed E-state index contributed by atoms with van der Waals surface area (Å²) in [5, 5.41) is 7.01. The molecule has 0 atom stereocenters. The third kappa shape index (κ3) is 1.93. The van der Waals surface area contributed by atoms with Gasteiger partial charge in [-0.05, 0) is 19.1 Å². The van der Waals surface area contributed by atoms with Crippen molar-refractivity contribution in [1.29, 1.82) is 0 Å². The largest absolute Gasteiger partial charge is 0.381 e. The van der Waals surface area contributed by atoms with Crippen LogP contribution in [0, 0.1) is 6.92 Å².